The van der Waals surface area contributed by atoms with Crippen LogP contribution in [0.1, 0.15) is 51.4 Å². The van der Waals surface area contributed by atoms with Gasteiger partial charge in [-0.15, -0.1) is 0 Å². The summed E-state index contributed by atoms with van der Waals surface area (Å²) in [6.45, 7) is -0.840. The molecule has 5 rings (SSSR count). The Morgan fingerprint density at radius 2 is 1.86 bits per heavy atom. The number of aromatic nitrogens is 2. The highest BCUT2D eigenvalue weighted by molar-refractivity contribution is 5.95. The van der Waals surface area contributed by atoms with E-state index in [1.165, 1.54) is 6.07 Å². The van der Waals surface area contributed by atoms with Gasteiger partial charge in [-0.2, -0.15) is 13.2 Å². The van der Waals surface area contributed by atoms with Crippen molar-refractivity contribution in [1.29, 1.82) is 0 Å². The molecule has 180 valence electrons. The summed E-state index contributed by atoms with van der Waals surface area (Å²) in [6, 6.07) is 12.1. The number of hydrogen-bond donors (Lipinski definition) is 2. The Morgan fingerprint density at radius 1 is 1.09 bits per heavy atom. The Labute approximate surface area is 198 Å². The highest BCUT2D eigenvalue weighted by Gasteiger charge is 2.31. The Bertz CT molecular complexity index is 1420. The lowest BCUT2D eigenvalue weighted by molar-refractivity contribution is -0.137. The monoisotopic (exact) mass is 483 g/mol. The predicted octanol–water partition coefficient (Wildman–Crippen LogP) is 6.89. The summed E-state index contributed by atoms with van der Waals surface area (Å²) < 4.78 is 54.5. The number of nitrogens with zero attached hydrogens (tertiary/aromatic N) is 2. The maximum absolute atomic E-state index is 13.2. The largest absolute Gasteiger partial charge is 0.478 e. The molecule has 0 radical (unpaired) electrons. The maximum Gasteiger partial charge on any atom is 0.416 e. The number of fused-ring (bicyclic) bond motifs is 1. The number of aromatic carboxylic acids is 1. The van der Waals surface area contributed by atoms with Gasteiger partial charge in [0.2, 0.25) is 0 Å². The van der Waals surface area contributed by atoms with Crippen LogP contribution in [0.4, 0.5) is 29.1 Å². The van der Waals surface area contributed by atoms with Gasteiger partial charge >= 0.3 is 12.1 Å². The number of carboxylic acids is 1. The summed E-state index contributed by atoms with van der Waals surface area (Å²) in [5, 5.41) is 13.5. The molecule has 2 aromatic heterocycles. The first-order valence-electron chi connectivity index (χ1n) is 11.1. The zero-order valence-electron chi connectivity index (χ0n) is 18.4. The average molecular weight is 483 g/mol. The van der Waals surface area contributed by atoms with Crippen LogP contribution in [0.15, 0.2) is 60.9 Å². The molecule has 1 saturated carbocycles. The molecule has 0 aliphatic heterocycles. The summed E-state index contributed by atoms with van der Waals surface area (Å²) >= 11 is 0. The molecule has 0 unspecified atom stereocenters. The number of pyridine rings is 1. The van der Waals surface area contributed by atoms with E-state index in [1.54, 1.807) is 35.2 Å². The minimum Gasteiger partial charge on any atom is -0.478 e. The van der Waals surface area contributed by atoms with Crippen molar-refractivity contribution >= 4 is 28.4 Å². The molecule has 1 aliphatic rings. The zero-order valence-corrected chi connectivity index (χ0v) is 18.4. The summed E-state index contributed by atoms with van der Waals surface area (Å²) in [4.78, 5) is 16.1. The fourth-order valence-corrected chi connectivity index (χ4v) is 4.23. The molecular weight excluding hydrogens is 462 g/mol. The number of halogens is 4. The van der Waals surface area contributed by atoms with Crippen LogP contribution in [-0.4, -0.2) is 20.6 Å². The van der Waals surface area contributed by atoms with Gasteiger partial charge in [-0.3, -0.25) is 0 Å². The van der Waals surface area contributed by atoms with E-state index in [0.29, 0.717) is 17.2 Å². The van der Waals surface area contributed by atoms with Gasteiger partial charge in [0.05, 0.1) is 5.56 Å². The topological polar surface area (TPSA) is 67.2 Å². The standard InChI is InChI=1S/C26H21F4N3O2/c27-12-15-7-16(9-20(8-15)26(28,29)30)14-33-6-5-18-10-21(3-4-23(18)33)32-24-22(25(34)35)11-19(13-31-24)17-1-2-17/h3-11,13,17H,1-2,12,14H2,(H,31,32)(H,34,35). The zero-order chi connectivity index (χ0) is 24.7. The Balaban J connectivity index is 1.41. The Kier molecular flexibility index (Phi) is 5.70. The number of alkyl halides is 4. The second-order valence-electron chi connectivity index (χ2n) is 8.76. The second kappa shape index (κ2) is 8.72. The molecule has 2 aromatic carbocycles. The van der Waals surface area contributed by atoms with E-state index in [9.17, 15) is 27.5 Å². The molecule has 0 atom stereocenters. The van der Waals surface area contributed by atoms with Crippen LogP contribution in [0.25, 0.3) is 10.9 Å². The highest BCUT2D eigenvalue weighted by Crippen LogP contribution is 2.40. The SMILES string of the molecule is O=C(O)c1cc(C2CC2)cnc1Nc1ccc2c(ccn2Cc2cc(CF)cc(C(F)(F)F)c2)c1. The van der Waals surface area contributed by atoms with Gasteiger partial charge in [0.25, 0.3) is 0 Å². The van der Waals surface area contributed by atoms with E-state index in [1.807, 2.05) is 12.1 Å². The summed E-state index contributed by atoms with van der Waals surface area (Å²) in [5.74, 6) is -0.449. The lowest BCUT2D eigenvalue weighted by Gasteiger charge is -2.13. The average Bonchev–Trinajstić information content (AvgIpc) is 3.60. The molecule has 2 heterocycles. The number of rotatable bonds is 7. The lowest BCUT2D eigenvalue weighted by Crippen LogP contribution is -2.08. The van der Waals surface area contributed by atoms with Crippen LogP contribution in [0.2, 0.25) is 0 Å². The van der Waals surface area contributed by atoms with Crippen LogP contribution < -0.4 is 5.32 Å². The fraction of sp³-hybridized carbons (Fsp3) is 0.231. The van der Waals surface area contributed by atoms with Crippen LogP contribution in [0.3, 0.4) is 0 Å². The van der Waals surface area contributed by atoms with Gasteiger partial charge in [-0.25, -0.2) is 14.2 Å². The van der Waals surface area contributed by atoms with Gasteiger partial charge in [0, 0.05) is 35.5 Å². The number of benzene rings is 2. The van der Waals surface area contributed by atoms with E-state index >= 15 is 0 Å². The minimum atomic E-state index is -4.56. The lowest BCUT2D eigenvalue weighted by atomic mass is 10.1. The second-order valence-corrected chi connectivity index (χ2v) is 8.76. The quantitative estimate of drug-likeness (QED) is 0.281. The molecule has 4 aromatic rings. The highest BCUT2D eigenvalue weighted by atomic mass is 19.4. The number of nitrogens with one attached hydrogen (secondary N) is 1. The van der Waals surface area contributed by atoms with Crippen LogP contribution in [0.5, 0.6) is 0 Å². The van der Waals surface area contributed by atoms with Crippen molar-refractivity contribution in [2.24, 2.45) is 0 Å². The molecular formula is C26H21F4N3O2. The van der Waals surface area contributed by atoms with Crippen molar-refractivity contribution in [1.82, 2.24) is 9.55 Å². The number of anilines is 2. The fourth-order valence-electron chi connectivity index (χ4n) is 4.23. The van der Waals surface area contributed by atoms with Crippen molar-refractivity contribution in [2.75, 3.05) is 5.32 Å². The van der Waals surface area contributed by atoms with Gasteiger partial charge in [-0.1, -0.05) is 6.07 Å². The number of carbonyl (C=O) groups is 1. The first-order valence-corrected chi connectivity index (χ1v) is 11.1. The van der Waals surface area contributed by atoms with E-state index in [0.717, 1.165) is 41.4 Å². The third kappa shape index (κ3) is 4.84. The van der Waals surface area contributed by atoms with Gasteiger partial charge in [0.15, 0.2) is 0 Å². The molecule has 0 spiro atoms. The third-order valence-electron chi connectivity index (χ3n) is 6.11. The van der Waals surface area contributed by atoms with Crippen molar-refractivity contribution < 1.29 is 27.5 Å². The summed E-state index contributed by atoms with van der Waals surface area (Å²) in [5.41, 5.74) is 1.87. The van der Waals surface area contributed by atoms with E-state index in [2.05, 4.69) is 10.3 Å². The van der Waals surface area contributed by atoms with Gasteiger partial charge < -0.3 is 15.0 Å². The minimum absolute atomic E-state index is 0.0211. The molecule has 2 N–H and O–H groups in total. The van der Waals surface area contributed by atoms with Crippen LogP contribution >= 0.6 is 0 Å². The number of carboxylic acid groups (broad SMARTS) is 1. The molecule has 35 heavy (non-hydrogen) atoms. The van der Waals surface area contributed by atoms with Gasteiger partial charge in [-0.05, 0) is 77.9 Å². The normalized spacial score (nSPS) is 13.8. The van der Waals surface area contributed by atoms with Crippen molar-refractivity contribution in [3.05, 3.63) is 88.7 Å². The molecule has 1 fully saturated rings. The van der Waals surface area contributed by atoms with Crippen LogP contribution in [0, 0.1) is 0 Å². The van der Waals surface area contributed by atoms with Gasteiger partial charge in [0.1, 0.15) is 18.1 Å². The van der Waals surface area contributed by atoms with Crippen LogP contribution in [-0.2, 0) is 19.4 Å². The van der Waals surface area contributed by atoms with Crippen molar-refractivity contribution in [2.45, 2.75) is 38.2 Å². The first-order chi connectivity index (χ1) is 16.7. The van der Waals surface area contributed by atoms with Crippen molar-refractivity contribution in [3.8, 4) is 0 Å². The van der Waals surface area contributed by atoms with E-state index < -0.39 is 24.4 Å². The Morgan fingerprint density at radius 3 is 2.54 bits per heavy atom. The third-order valence-corrected chi connectivity index (χ3v) is 6.11. The number of hydrogen-bond acceptors (Lipinski definition) is 3. The molecule has 9 heteroatoms. The molecule has 1 aliphatic carbocycles. The summed E-state index contributed by atoms with van der Waals surface area (Å²) in [7, 11) is 0. The Hall–Kier alpha value is -3.88. The van der Waals surface area contributed by atoms with E-state index in [-0.39, 0.29) is 23.5 Å². The molecule has 5 nitrogen and oxygen atoms in total. The maximum atomic E-state index is 13.2. The molecule has 0 amide bonds. The molecule has 0 bridgehead atoms. The van der Waals surface area contributed by atoms with Crippen molar-refractivity contribution in [3.63, 3.8) is 0 Å². The predicted molar refractivity (Wildman–Crippen MR) is 124 cm³/mol. The summed E-state index contributed by atoms with van der Waals surface area (Å²) in [6.07, 6.45) is 0.962. The smallest absolute Gasteiger partial charge is 0.416 e. The van der Waals surface area contributed by atoms with E-state index in [4.69, 9.17) is 0 Å². The molecule has 0 saturated heterocycles. The first kappa shape index (κ1) is 22.9.